The number of thioether (sulfide) groups is 1. The molecule has 0 aromatic rings. The molecule has 1 fully saturated rings. The number of carbonyl (C=O) groups is 6. The maximum absolute atomic E-state index is 11.6. The molecule has 1 atom stereocenters. The summed E-state index contributed by atoms with van der Waals surface area (Å²) >= 11 is 1.45. The minimum Gasteiger partial charge on any atom is -0.447 e. The van der Waals surface area contributed by atoms with Gasteiger partial charge in [-0.1, -0.05) is 0 Å². The molecule has 0 aromatic carbocycles. The lowest BCUT2D eigenvalue weighted by Gasteiger charge is -2.18. The van der Waals surface area contributed by atoms with Gasteiger partial charge in [-0.05, 0) is 33.4 Å². The van der Waals surface area contributed by atoms with E-state index in [4.69, 9.17) is 14.2 Å². The van der Waals surface area contributed by atoms with Crippen LogP contribution in [0.3, 0.4) is 0 Å². The van der Waals surface area contributed by atoms with E-state index in [0.29, 0.717) is 52.0 Å². The van der Waals surface area contributed by atoms with Crippen LogP contribution in [0.5, 0.6) is 0 Å². The van der Waals surface area contributed by atoms with Crippen LogP contribution in [0.15, 0.2) is 0 Å². The summed E-state index contributed by atoms with van der Waals surface area (Å²) in [4.78, 5) is 68.1. The van der Waals surface area contributed by atoms with Crippen molar-refractivity contribution in [1.82, 2.24) is 26.2 Å². The third-order valence-corrected chi connectivity index (χ3v) is 5.76. The first-order valence-electron chi connectivity index (χ1n) is 12.5. The Kier molecular flexibility index (Phi) is 20.2. The predicted molar refractivity (Wildman–Crippen MR) is 140 cm³/mol. The molecule has 0 spiro atoms. The van der Waals surface area contributed by atoms with E-state index in [1.807, 2.05) is 13.2 Å². The Morgan fingerprint density at radius 2 is 1.63 bits per heavy atom. The van der Waals surface area contributed by atoms with E-state index in [2.05, 4.69) is 21.3 Å². The zero-order chi connectivity index (χ0) is 28.8. The molecule has 0 aliphatic carbocycles. The number of hydrogen-bond acceptors (Lipinski definition) is 10. The van der Waals surface area contributed by atoms with Crippen LogP contribution in [-0.4, -0.2) is 111 Å². The van der Waals surface area contributed by atoms with Gasteiger partial charge in [0.25, 0.3) is 0 Å². The number of hydrogen-bond donors (Lipinski definition) is 4. The molecule has 4 N–H and O–H groups in total. The molecule has 1 rings (SSSR count). The number of alkyl carbamates (subject to hydrolysis) is 2. The lowest BCUT2D eigenvalue weighted by Crippen LogP contribution is -2.34. The van der Waals surface area contributed by atoms with Gasteiger partial charge in [0.1, 0.15) is 19.3 Å². The number of nitrogens with zero attached hydrogens (tertiary/aromatic N) is 1. The molecular weight excluding hydrogens is 522 g/mol. The summed E-state index contributed by atoms with van der Waals surface area (Å²) < 4.78 is 15.5. The van der Waals surface area contributed by atoms with Crippen LogP contribution in [0, 0.1) is 0 Å². The summed E-state index contributed by atoms with van der Waals surface area (Å²) in [5, 5.41) is 9.92. The number of likely N-dealkylation sites (tertiary alicyclic amines) is 1. The second-order valence-electron chi connectivity index (χ2n) is 7.68. The van der Waals surface area contributed by atoms with Crippen molar-refractivity contribution in [2.45, 2.75) is 51.4 Å². The van der Waals surface area contributed by atoms with E-state index >= 15 is 0 Å². The lowest BCUT2D eigenvalue weighted by atomic mass is 10.3. The van der Waals surface area contributed by atoms with Gasteiger partial charge in [-0.2, -0.15) is 11.8 Å². The first kappa shape index (κ1) is 34.9. The molecule has 0 saturated carbocycles. The van der Waals surface area contributed by atoms with Crippen molar-refractivity contribution in [3.8, 4) is 0 Å². The third kappa shape index (κ3) is 15.9. The molecular formula is C23H41N5O9S. The zero-order valence-corrected chi connectivity index (χ0v) is 23.4. The van der Waals surface area contributed by atoms with Crippen LogP contribution >= 0.6 is 11.8 Å². The standard InChI is InChI=1S/C16H30N4O7.C7H11NO2S/c1-3-18-15(23)26-10-13(11-27-16(24)19-4-2)25-9-5-6-14(22)20-8-7-17-12-21;1-3-8-6(9)4-5(11-2)7(8)10/h12-13H,3-11H2,1-2H3,(H,17,21)(H,18,23)(H,19,24)(H,20,22);5H,3-4H2,1-2H3. The highest BCUT2D eigenvalue weighted by atomic mass is 32.2. The van der Waals surface area contributed by atoms with E-state index in [1.165, 1.54) is 16.7 Å². The molecule has 14 nitrogen and oxygen atoms in total. The molecule has 38 heavy (non-hydrogen) atoms. The van der Waals surface area contributed by atoms with E-state index in [-0.39, 0.29) is 49.2 Å². The van der Waals surface area contributed by atoms with Gasteiger partial charge in [-0.25, -0.2) is 9.59 Å². The fourth-order valence-corrected chi connectivity index (χ4v) is 3.58. The molecule has 15 heteroatoms. The quantitative estimate of drug-likeness (QED) is 0.107. The van der Waals surface area contributed by atoms with Gasteiger partial charge < -0.3 is 35.5 Å². The van der Waals surface area contributed by atoms with E-state index < -0.39 is 18.3 Å². The Bertz CT molecular complexity index is 735. The lowest BCUT2D eigenvalue weighted by molar-refractivity contribution is -0.138. The van der Waals surface area contributed by atoms with Gasteiger partial charge in [0.2, 0.25) is 24.1 Å². The summed E-state index contributed by atoms with van der Waals surface area (Å²) in [6, 6.07) is 0. The molecule has 218 valence electrons. The highest BCUT2D eigenvalue weighted by Gasteiger charge is 2.36. The summed E-state index contributed by atoms with van der Waals surface area (Å²) in [7, 11) is 0. The topological polar surface area (TPSA) is 181 Å². The summed E-state index contributed by atoms with van der Waals surface area (Å²) in [5.41, 5.74) is 0. The van der Waals surface area contributed by atoms with Crippen LogP contribution < -0.4 is 21.3 Å². The Morgan fingerprint density at radius 3 is 2.08 bits per heavy atom. The third-order valence-electron chi connectivity index (χ3n) is 4.82. The first-order chi connectivity index (χ1) is 18.2. The van der Waals surface area contributed by atoms with Gasteiger partial charge in [0.15, 0.2) is 0 Å². The highest BCUT2D eigenvalue weighted by Crippen LogP contribution is 2.22. The van der Waals surface area contributed by atoms with Gasteiger partial charge >= 0.3 is 12.2 Å². The molecule has 1 aliphatic rings. The number of carbonyl (C=O) groups excluding carboxylic acids is 6. The summed E-state index contributed by atoms with van der Waals surface area (Å²) in [6.07, 6.45) is 1.65. The van der Waals surface area contributed by atoms with Crippen molar-refractivity contribution in [1.29, 1.82) is 0 Å². The number of imide groups is 1. The monoisotopic (exact) mass is 563 g/mol. The molecule has 6 amide bonds. The van der Waals surface area contributed by atoms with Crippen molar-refractivity contribution in [2.75, 3.05) is 58.8 Å². The maximum Gasteiger partial charge on any atom is 0.407 e. The number of nitrogens with one attached hydrogen (secondary N) is 4. The smallest absolute Gasteiger partial charge is 0.407 e. The molecule has 0 aromatic heterocycles. The normalized spacial score (nSPS) is 14.3. The van der Waals surface area contributed by atoms with Crippen LogP contribution in [0.2, 0.25) is 0 Å². The van der Waals surface area contributed by atoms with Crippen LogP contribution in [-0.2, 0) is 33.4 Å². The second-order valence-corrected chi connectivity index (χ2v) is 8.72. The van der Waals surface area contributed by atoms with Gasteiger partial charge in [-0.3, -0.25) is 24.1 Å². The van der Waals surface area contributed by atoms with Gasteiger partial charge in [0, 0.05) is 52.2 Å². The van der Waals surface area contributed by atoms with Crippen molar-refractivity contribution in [3.05, 3.63) is 0 Å². The minimum absolute atomic E-state index is 0.0231. The molecule has 1 saturated heterocycles. The Balaban J connectivity index is 0.00000103. The number of rotatable bonds is 17. The van der Waals surface area contributed by atoms with E-state index in [9.17, 15) is 28.8 Å². The van der Waals surface area contributed by atoms with E-state index in [1.54, 1.807) is 13.8 Å². The van der Waals surface area contributed by atoms with Crippen molar-refractivity contribution >= 4 is 48.1 Å². The highest BCUT2D eigenvalue weighted by molar-refractivity contribution is 8.00. The van der Waals surface area contributed by atoms with Crippen molar-refractivity contribution in [3.63, 3.8) is 0 Å². The summed E-state index contributed by atoms with van der Waals surface area (Å²) in [6.45, 7) is 7.46. The fourth-order valence-electron chi connectivity index (χ4n) is 2.95. The molecule has 1 unspecified atom stereocenters. The Morgan fingerprint density at radius 1 is 1.03 bits per heavy atom. The van der Waals surface area contributed by atoms with Crippen LogP contribution in [0.25, 0.3) is 0 Å². The maximum atomic E-state index is 11.6. The fraction of sp³-hybridized carbons (Fsp3) is 0.739. The average Bonchev–Trinajstić information content (AvgIpc) is 3.18. The molecule has 0 bridgehead atoms. The van der Waals surface area contributed by atoms with Crippen molar-refractivity contribution in [2.24, 2.45) is 0 Å². The SMILES string of the molecule is CCN1C(=O)CC(SC)C1=O.CCNC(=O)OCC(COC(=O)NCC)OCCCC(=O)NCCNC=O. The Labute approximate surface area is 227 Å². The molecule has 1 heterocycles. The van der Waals surface area contributed by atoms with Gasteiger partial charge in [0.05, 0.1) is 5.25 Å². The van der Waals surface area contributed by atoms with E-state index in [0.717, 1.165) is 0 Å². The van der Waals surface area contributed by atoms with Crippen LogP contribution in [0.4, 0.5) is 9.59 Å². The Hall–Kier alpha value is -3.07. The van der Waals surface area contributed by atoms with Crippen LogP contribution in [0.1, 0.15) is 40.0 Å². The number of amides is 6. The average molecular weight is 564 g/mol. The first-order valence-corrected chi connectivity index (χ1v) is 13.8. The minimum atomic E-state index is -0.643. The predicted octanol–water partition coefficient (Wildman–Crippen LogP) is 0.00300. The molecule has 1 aliphatic heterocycles. The largest absolute Gasteiger partial charge is 0.447 e. The summed E-state index contributed by atoms with van der Waals surface area (Å²) in [5.74, 6) is -0.221. The molecule has 0 radical (unpaired) electrons. The van der Waals surface area contributed by atoms with Crippen molar-refractivity contribution < 1.29 is 43.0 Å². The van der Waals surface area contributed by atoms with Gasteiger partial charge in [-0.15, -0.1) is 0 Å². The second kappa shape index (κ2) is 22.0. The number of ether oxygens (including phenoxy) is 3. The zero-order valence-electron chi connectivity index (χ0n) is 22.5.